The molecule has 0 saturated carbocycles. The lowest BCUT2D eigenvalue weighted by Crippen LogP contribution is -1.96. The second-order valence-corrected chi connectivity index (χ2v) is 4.11. The summed E-state index contributed by atoms with van der Waals surface area (Å²) in [5.41, 5.74) is 7.41. The summed E-state index contributed by atoms with van der Waals surface area (Å²) in [6.45, 7) is 2.38. The Kier molecular flexibility index (Phi) is 3.61. The first kappa shape index (κ1) is 11.9. The predicted molar refractivity (Wildman–Crippen MR) is 68.4 cm³/mol. The van der Waals surface area contributed by atoms with Gasteiger partial charge in [0, 0.05) is 24.5 Å². The van der Waals surface area contributed by atoms with Gasteiger partial charge in [0.1, 0.15) is 11.5 Å². The van der Waals surface area contributed by atoms with Gasteiger partial charge in [-0.2, -0.15) is 0 Å². The van der Waals surface area contributed by atoms with E-state index < -0.39 is 0 Å². The highest BCUT2D eigenvalue weighted by atomic mass is 35.5. The van der Waals surface area contributed by atoms with E-state index in [1.165, 1.54) is 0 Å². The molecule has 0 aliphatic carbocycles. The molecule has 2 rings (SSSR count). The fourth-order valence-corrected chi connectivity index (χ4v) is 1.71. The lowest BCUT2D eigenvalue weighted by Gasteiger charge is -2.08. The first-order chi connectivity index (χ1) is 8.19. The summed E-state index contributed by atoms with van der Waals surface area (Å²) in [5, 5.41) is 0.558. The van der Waals surface area contributed by atoms with Crippen LogP contribution in [0.1, 0.15) is 11.3 Å². The molecule has 2 aromatic rings. The fourth-order valence-electron chi connectivity index (χ4n) is 1.46. The molecular weight excluding hydrogens is 236 g/mol. The van der Waals surface area contributed by atoms with Crippen molar-refractivity contribution in [1.82, 2.24) is 4.98 Å². The van der Waals surface area contributed by atoms with Crippen molar-refractivity contribution in [3.05, 3.63) is 52.8 Å². The molecule has 0 radical (unpaired) electrons. The number of rotatable bonds is 3. The quantitative estimate of drug-likeness (QED) is 0.907. The van der Waals surface area contributed by atoms with Gasteiger partial charge in [0.25, 0.3) is 0 Å². The van der Waals surface area contributed by atoms with Gasteiger partial charge in [0.05, 0.1) is 5.02 Å². The third-order valence-corrected chi connectivity index (χ3v) is 2.62. The molecule has 1 aromatic heterocycles. The number of nitrogens with zero attached hydrogens (tertiary/aromatic N) is 1. The van der Waals surface area contributed by atoms with E-state index in [2.05, 4.69) is 4.98 Å². The van der Waals surface area contributed by atoms with Crippen LogP contribution in [0, 0.1) is 6.92 Å². The third kappa shape index (κ3) is 2.96. The Bertz CT molecular complexity index is 529. The SMILES string of the molecule is Cc1cc(Oc2ccc(CN)cc2Cl)ccn1. The summed E-state index contributed by atoms with van der Waals surface area (Å²) in [6.07, 6.45) is 1.70. The van der Waals surface area contributed by atoms with Gasteiger partial charge in [-0.05, 0) is 30.7 Å². The maximum atomic E-state index is 6.10. The highest BCUT2D eigenvalue weighted by molar-refractivity contribution is 6.32. The Hall–Kier alpha value is -1.58. The number of nitrogens with two attached hydrogens (primary N) is 1. The number of halogens is 1. The van der Waals surface area contributed by atoms with Gasteiger partial charge in [0.2, 0.25) is 0 Å². The number of hydrogen-bond donors (Lipinski definition) is 1. The van der Waals surface area contributed by atoms with Gasteiger partial charge in [-0.1, -0.05) is 17.7 Å². The van der Waals surface area contributed by atoms with Gasteiger partial charge in [-0.3, -0.25) is 4.98 Å². The van der Waals surface area contributed by atoms with E-state index in [1.807, 2.05) is 31.2 Å². The third-order valence-electron chi connectivity index (χ3n) is 2.33. The second kappa shape index (κ2) is 5.17. The lowest BCUT2D eigenvalue weighted by molar-refractivity contribution is 0.481. The molecule has 0 spiro atoms. The van der Waals surface area contributed by atoms with Crippen molar-refractivity contribution in [2.24, 2.45) is 5.73 Å². The molecule has 1 aromatic carbocycles. The van der Waals surface area contributed by atoms with Gasteiger partial charge in [-0.25, -0.2) is 0 Å². The zero-order valence-corrected chi connectivity index (χ0v) is 10.2. The minimum atomic E-state index is 0.467. The molecule has 0 amide bonds. The maximum absolute atomic E-state index is 6.10. The van der Waals surface area contributed by atoms with Crippen molar-refractivity contribution in [3.8, 4) is 11.5 Å². The van der Waals surface area contributed by atoms with Crippen LogP contribution in [0.2, 0.25) is 5.02 Å². The van der Waals surface area contributed by atoms with Gasteiger partial charge < -0.3 is 10.5 Å². The molecule has 0 unspecified atom stereocenters. The van der Waals surface area contributed by atoms with E-state index in [0.29, 0.717) is 17.3 Å². The summed E-state index contributed by atoms with van der Waals surface area (Å²) in [6, 6.07) is 9.17. The molecule has 0 saturated heterocycles. The van der Waals surface area contributed by atoms with E-state index in [1.54, 1.807) is 12.3 Å². The van der Waals surface area contributed by atoms with Crippen LogP contribution < -0.4 is 10.5 Å². The van der Waals surface area contributed by atoms with Crippen molar-refractivity contribution < 1.29 is 4.74 Å². The van der Waals surface area contributed by atoms with Crippen LogP contribution in [0.15, 0.2) is 36.5 Å². The zero-order chi connectivity index (χ0) is 12.3. The van der Waals surface area contributed by atoms with E-state index in [-0.39, 0.29) is 0 Å². The predicted octanol–water partition coefficient (Wildman–Crippen LogP) is 3.29. The average Bonchev–Trinajstić information content (AvgIpc) is 2.32. The topological polar surface area (TPSA) is 48.1 Å². The Balaban J connectivity index is 2.24. The highest BCUT2D eigenvalue weighted by Gasteiger charge is 2.04. The van der Waals surface area contributed by atoms with Gasteiger partial charge in [-0.15, -0.1) is 0 Å². The molecule has 0 aliphatic rings. The molecule has 2 N–H and O–H groups in total. The normalized spacial score (nSPS) is 10.3. The molecule has 88 valence electrons. The minimum absolute atomic E-state index is 0.467. The Morgan fingerprint density at radius 2 is 2.12 bits per heavy atom. The number of hydrogen-bond acceptors (Lipinski definition) is 3. The number of pyridine rings is 1. The first-order valence-electron chi connectivity index (χ1n) is 5.28. The van der Waals surface area contributed by atoms with E-state index in [0.717, 1.165) is 17.0 Å². The first-order valence-corrected chi connectivity index (χ1v) is 5.66. The maximum Gasteiger partial charge on any atom is 0.146 e. The Morgan fingerprint density at radius 3 is 2.76 bits per heavy atom. The van der Waals surface area contributed by atoms with Crippen LogP contribution in [-0.2, 0) is 6.54 Å². The highest BCUT2D eigenvalue weighted by Crippen LogP contribution is 2.30. The van der Waals surface area contributed by atoms with E-state index in [9.17, 15) is 0 Å². The largest absolute Gasteiger partial charge is 0.456 e. The molecule has 1 heterocycles. The van der Waals surface area contributed by atoms with Crippen LogP contribution in [0.5, 0.6) is 11.5 Å². The molecule has 0 fully saturated rings. The second-order valence-electron chi connectivity index (χ2n) is 3.70. The number of aromatic nitrogens is 1. The summed E-state index contributed by atoms with van der Waals surface area (Å²) < 4.78 is 5.68. The Labute approximate surface area is 105 Å². The fraction of sp³-hybridized carbons (Fsp3) is 0.154. The van der Waals surface area contributed by atoms with E-state index in [4.69, 9.17) is 22.1 Å². The van der Waals surface area contributed by atoms with E-state index >= 15 is 0 Å². The molecule has 4 heteroatoms. The summed E-state index contributed by atoms with van der Waals surface area (Å²) in [5.74, 6) is 1.34. The van der Waals surface area contributed by atoms with Crippen LogP contribution in [0.25, 0.3) is 0 Å². The standard InChI is InChI=1S/C13H13ClN2O/c1-9-6-11(4-5-16-9)17-13-3-2-10(8-15)7-12(13)14/h2-7H,8,15H2,1H3. The molecule has 0 bridgehead atoms. The van der Waals surface area contributed by atoms with Crippen molar-refractivity contribution in [2.75, 3.05) is 0 Å². The molecule has 3 nitrogen and oxygen atoms in total. The Morgan fingerprint density at radius 1 is 1.29 bits per heavy atom. The monoisotopic (exact) mass is 248 g/mol. The number of ether oxygens (including phenoxy) is 1. The van der Waals surface area contributed by atoms with Crippen molar-refractivity contribution in [2.45, 2.75) is 13.5 Å². The van der Waals surface area contributed by atoms with Gasteiger partial charge in [0.15, 0.2) is 0 Å². The summed E-state index contributed by atoms with van der Waals surface area (Å²) >= 11 is 6.10. The summed E-state index contributed by atoms with van der Waals surface area (Å²) in [4.78, 5) is 4.10. The average molecular weight is 249 g/mol. The zero-order valence-electron chi connectivity index (χ0n) is 9.48. The van der Waals surface area contributed by atoms with Crippen molar-refractivity contribution in [3.63, 3.8) is 0 Å². The van der Waals surface area contributed by atoms with Crippen LogP contribution in [0.4, 0.5) is 0 Å². The van der Waals surface area contributed by atoms with Crippen LogP contribution >= 0.6 is 11.6 Å². The van der Waals surface area contributed by atoms with Crippen LogP contribution in [0.3, 0.4) is 0 Å². The van der Waals surface area contributed by atoms with Crippen molar-refractivity contribution >= 4 is 11.6 Å². The number of benzene rings is 1. The van der Waals surface area contributed by atoms with Gasteiger partial charge >= 0.3 is 0 Å². The van der Waals surface area contributed by atoms with Crippen LogP contribution in [-0.4, -0.2) is 4.98 Å². The smallest absolute Gasteiger partial charge is 0.146 e. The lowest BCUT2D eigenvalue weighted by atomic mass is 10.2. The molecule has 17 heavy (non-hydrogen) atoms. The minimum Gasteiger partial charge on any atom is -0.456 e. The molecular formula is C13H13ClN2O. The molecule has 0 atom stereocenters. The number of aryl methyl sites for hydroxylation is 1. The molecule has 0 aliphatic heterocycles. The summed E-state index contributed by atoms with van der Waals surface area (Å²) in [7, 11) is 0. The van der Waals surface area contributed by atoms with Crippen molar-refractivity contribution in [1.29, 1.82) is 0 Å².